The Kier molecular flexibility index (Phi) is 5.42. The van der Waals surface area contributed by atoms with Gasteiger partial charge in [0.15, 0.2) is 23.0 Å². The Hall–Kier alpha value is -3.38. The molecule has 0 saturated heterocycles. The zero-order valence-electron chi connectivity index (χ0n) is 16.9. The van der Waals surface area contributed by atoms with E-state index in [4.69, 9.17) is 36.0 Å². The molecule has 0 saturated carbocycles. The van der Waals surface area contributed by atoms with Gasteiger partial charge in [0, 0.05) is 12.0 Å². The number of rotatable bonds is 6. The quantitative estimate of drug-likeness (QED) is 0.420. The number of hydrogen-bond acceptors (Lipinski definition) is 6. The van der Waals surface area contributed by atoms with Gasteiger partial charge in [0.25, 0.3) is 0 Å². The molecule has 4 aromatic rings. The minimum absolute atomic E-state index is 0.466. The molecule has 0 unspecified atom stereocenters. The highest BCUT2D eigenvalue weighted by atomic mass is 35.5. The van der Waals surface area contributed by atoms with E-state index in [1.807, 2.05) is 42.5 Å². The smallest absolute Gasteiger partial charge is 0.203 e. The number of halogens is 1. The van der Waals surface area contributed by atoms with Crippen molar-refractivity contribution in [3.63, 3.8) is 0 Å². The van der Waals surface area contributed by atoms with Gasteiger partial charge in [-0.3, -0.25) is 0 Å². The first kappa shape index (κ1) is 19.9. The summed E-state index contributed by atoms with van der Waals surface area (Å²) in [6, 6.07) is 15.1. The number of aromatic nitrogens is 1. The van der Waals surface area contributed by atoms with Crippen molar-refractivity contribution in [2.24, 2.45) is 0 Å². The number of nitrogens with two attached hydrogens (primary N) is 1. The van der Waals surface area contributed by atoms with Crippen molar-refractivity contribution in [2.45, 2.75) is 6.42 Å². The van der Waals surface area contributed by atoms with Gasteiger partial charge in [-0.2, -0.15) is 0 Å². The third kappa shape index (κ3) is 3.62. The number of oxazole rings is 1. The van der Waals surface area contributed by atoms with Crippen molar-refractivity contribution < 1.29 is 18.6 Å². The number of benzene rings is 3. The molecule has 1 aromatic heterocycles. The molecule has 0 aliphatic rings. The fourth-order valence-electron chi connectivity index (χ4n) is 3.42. The topological polar surface area (TPSA) is 79.7 Å². The first-order valence-electron chi connectivity index (χ1n) is 9.26. The zero-order valence-corrected chi connectivity index (χ0v) is 17.6. The summed E-state index contributed by atoms with van der Waals surface area (Å²) in [4.78, 5) is 4.65. The lowest BCUT2D eigenvalue weighted by atomic mass is 10.0. The third-order valence-electron chi connectivity index (χ3n) is 4.85. The van der Waals surface area contributed by atoms with Gasteiger partial charge in [-0.05, 0) is 41.5 Å². The summed E-state index contributed by atoms with van der Waals surface area (Å²) in [6.45, 7) is 0. The highest BCUT2D eigenvalue weighted by Crippen LogP contribution is 2.39. The lowest BCUT2D eigenvalue weighted by Crippen LogP contribution is -1.97. The van der Waals surface area contributed by atoms with Crippen molar-refractivity contribution in [2.75, 3.05) is 27.1 Å². The predicted octanol–water partition coefficient (Wildman–Crippen LogP) is 5.35. The van der Waals surface area contributed by atoms with Gasteiger partial charge < -0.3 is 24.4 Å². The van der Waals surface area contributed by atoms with Crippen LogP contribution in [-0.2, 0) is 6.42 Å². The fraction of sp³-hybridized carbons (Fsp3) is 0.174. The van der Waals surface area contributed by atoms with E-state index in [2.05, 4.69) is 4.98 Å². The van der Waals surface area contributed by atoms with Crippen molar-refractivity contribution in [3.8, 4) is 28.4 Å². The van der Waals surface area contributed by atoms with Gasteiger partial charge in [-0.1, -0.05) is 29.8 Å². The molecule has 3 aromatic carbocycles. The van der Waals surface area contributed by atoms with E-state index in [0.29, 0.717) is 45.9 Å². The number of fused-ring (bicyclic) bond motifs is 1. The van der Waals surface area contributed by atoms with Crippen molar-refractivity contribution in [1.82, 2.24) is 4.98 Å². The largest absolute Gasteiger partial charge is 0.493 e. The van der Waals surface area contributed by atoms with Gasteiger partial charge in [0.1, 0.15) is 5.52 Å². The van der Waals surface area contributed by atoms with E-state index in [1.165, 1.54) is 0 Å². The van der Waals surface area contributed by atoms with Gasteiger partial charge in [0.2, 0.25) is 5.75 Å². The van der Waals surface area contributed by atoms with Crippen LogP contribution >= 0.6 is 11.6 Å². The Morgan fingerprint density at radius 2 is 1.70 bits per heavy atom. The van der Waals surface area contributed by atoms with Crippen LogP contribution in [0, 0.1) is 0 Å². The third-order valence-corrected chi connectivity index (χ3v) is 5.19. The Labute approximate surface area is 179 Å². The lowest BCUT2D eigenvalue weighted by Gasteiger charge is -2.13. The highest BCUT2D eigenvalue weighted by Gasteiger charge is 2.16. The average molecular weight is 425 g/mol. The first-order valence-corrected chi connectivity index (χ1v) is 9.64. The SMILES string of the molecule is COc1cc(Cc2nc3cccc(-c4ccc(Cl)c(N)c4)c3o2)cc(OC)c1OC. The maximum Gasteiger partial charge on any atom is 0.203 e. The van der Waals surface area contributed by atoms with E-state index < -0.39 is 0 Å². The van der Waals surface area contributed by atoms with Crippen LogP contribution in [0.1, 0.15) is 11.5 Å². The van der Waals surface area contributed by atoms with Gasteiger partial charge in [-0.25, -0.2) is 4.98 Å². The molecule has 0 amide bonds. The van der Waals surface area contributed by atoms with Crippen LogP contribution in [0.4, 0.5) is 5.69 Å². The number of hydrogen-bond donors (Lipinski definition) is 1. The van der Waals surface area contributed by atoms with Crippen LogP contribution in [0.15, 0.2) is 52.9 Å². The lowest BCUT2D eigenvalue weighted by molar-refractivity contribution is 0.324. The number of ether oxygens (including phenoxy) is 3. The average Bonchev–Trinajstić information content (AvgIpc) is 3.17. The Balaban J connectivity index is 1.74. The second-order valence-electron chi connectivity index (χ2n) is 6.71. The molecule has 0 bridgehead atoms. The van der Waals surface area contributed by atoms with Crippen LogP contribution in [0.3, 0.4) is 0 Å². The van der Waals surface area contributed by atoms with Crippen LogP contribution < -0.4 is 19.9 Å². The second kappa shape index (κ2) is 8.16. The summed E-state index contributed by atoms with van der Waals surface area (Å²) in [5.41, 5.74) is 10.7. The Morgan fingerprint density at radius 1 is 0.967 bits per heavy atom. The minimum atomic E-state index is 0.466. The zero-order chi connectivity index (χ0) is 21.3. The molecule has 2 N–H and O–H groups in total. The van der Waals surface area contributed by atoms with E-state index in [-0.39, 0.29) is 0 Å². The molecular weight excluding hydrogens is 404 g/mol. The maximum absolute atomic E-state index is 6.13. The number of nitrogens with zero attached hydrogens (tertiary/aromatic N) is 1. The molecule has 6 nitrogen and oxygen atoms in total. The van der Waals surface area contributed by atoms with E-state index in [0.717, 1.165) is 22.2 Å². The second-order valence-corrected chi connectivity index (χ2v) is 7.12. The molecule has 4 rings (SSSR count). The molecule has 7 heteroatoms. The van der Waals surface area contributed by atoms with Crippen molar-refractivity contribution in [1.29, 1.82) is 0 Å². The van der Waals surface area contributed by atoms with E-state index >= 15 is 0 Å². The molecule has 154 valence electrons. The molecule has 0 fully saturated rings. The van der Waals surface area contributed by atoms with Crippen LogP contribution in [0.5, 0.6) is 17.2 Å². The van der Waals surface area contributed by atoms with E-state index in [9.17, 15) is 0 Å². The number of anilines is 1. The Morgan fingerprint density at radius 3 is 2.33 bits per heavy atom. The summed E-state index contributed by atoms with van der Waals surface area (Å²) in [7, 11) is 4.75. The maximum atomic E-state index is 6.13. The van der Waals surface area contributed by atoms with E-state index in [1.54, 1.807) is 27.4 Å². The van der Waals surface area contributed by atoms with Crippen LogP contribution in [0.25, 0.3) is 22.2 Å². The highest BCUT2D eigenvalue weighted by molar-refractivity contribution is 6.33. The summed E-state index contributed by atoms with van der Waals surface area (Å²) in [5.74, 6) is 2.29. The van der Waals surface area contributed by atoms with Gasteiger partial charge >= 0.3 is 0 Å². The normalized spacial score (nSPS) is 10.9. The summed E-state index contributed by atoms with van der Waals surface area (Å²) in [5, 5.41) is 0.520. The number of methoxy groups -OCH3 is 3. The molecule has 1 heterocycles. The number of nitrogen functional groups attached to an aromatic ring is 1. The molecule has 0 aliphatic carbocycles. The predicted molar refractivity (Wildman–Crippen MR) is 118 cm³/mol. The summed E-state index contributed by atoms with van der Waals surface area (Å²) < 4.78 is 22.4. The van der Waals surface area contributed by atoms with Gasteiger partial charge in [0.05, 0.1) is 32.0 Å². The van der Waals surface area contributed by atoms with Crippen LogP contribution in [0.2, 0.25) is 5.02 Å². The van der Waals surface area contributed by atoms with Crippen LogP contribution in [-0.4, -0.2) is 26.3 Å². The molecule has 0 spiro atoms. The molecule has 0 atom stereocenters. The fourth-order valence-corrected chi connectivity index (χ4v) is 3.54. The molecule has 0 radical (unpaired) electrons. The molecular formula is C23H21ClN2O4. The molecule has 0 aliphatic heterocycles. The number of para-hydroxylation sites is 1. The Bertz CT molecular complexity index is 1190. The van der Waals surface area contributed by atoms with Crippen molar-refractivity contribution in [3.05, 3.63) is 65.0 Å². The monoisotopic (exact) mass is 424 g/mol. The summed E-state index contributed by atoms with van der Waals surface area (Å²) in [6.07, 6.45) is 0.466. The minimum Gasteiger partial charge on any atom is -0.493 e. The first-order chi connectivity index (χ1) is 14.5. The summed E-state index contributed by atoms with van der Waals surface area (Å²) >= 11 is 6.06. The van der Waals surface area contributed by atoms with Gasteiger partial charge in [-0.15, -0.1) is 0 Å². The standard InChI is InChI=1S/C23H21ClN2O4/c1-27-19-9-13(10-20(28-2)23(19)29-3)11-21-26-18-6-4-5-15(22(18)30-21)14-7-8-16(24)17(25)12-14/h4-10,12H,11,25H2,1-3H3. The van der Waals surface area contributed by atoms with Crippen molar-refractivity contribution >= 4 is 28.4 Å². The molecule has 30 heavy (non-hydrogen) atoms.